The van der Waals surface area contributed by atoms with Gasteiger partial charge in [-0.25, -0.2) is 4.98 Å². The van der Waals surface area contributed by atoms with Gasteiger partial charge in [0.1, 0.15) is 0 Å². The van der Waals surface area contributed by atoms with E-state index >= 15 is 0 Å². The molecule has 104 valence electrons. The minimum Gasteiger partial charge on any atom is -0.388 e. The molecule has 0 amide bonds. The fraction of sp³-hybridized carbons (Fsp3) is 0.615. The van der Waals surface area contributed by atoms with Crippen LogP contribution in [0.3, 0.4) is 0 Å². The van der Waals surface area contributed by atoms with E-state index in [1.807, 2.05) is 0 Å². The minimum absolute atomic E-state index is 0.0858. The van der Waals surface area contributed by atoms with Gasteiger partial charge in [0.25, 0.3) is 5.56 Å². The van der Waals surface area contributed by atoms with Gasteiger partial charge in [-0.1, -0.05) is 25.1 Å². The summed E-state index contributed by atoms with van der Waals surface area (Å²) in [7, 11) is 0. The topological polar surface area (TPSA) is 95.6 Å². The first kappa shape index (κ1) is 14.1. The van der Waals surface area contributed by atoms with Gasteiger partial charge < -0.3 is 10.7 Å². The molecule has 1 aliphatic carbocycles. The van der Waals surface area contributed by atoms with Gasteiger partial charge in [0.2, 0.25) is 0 Å². The Morgan fingerprint density at radius 3 is 2.95 bits per heavy atom. The molecule has 0 spiro atoms. The van der Waals surface area contributed by atoms with Crippen LogP contribution in [0.2, 0.25) is 0 Å². The summed E-state index contributed by atoms with van der Waals surface area (Å²) in [4.78, 5) is 18.8. The quantitative estimate of drug-likeness (QED) is 0.308. The Labute approximate surface area is 116 Å². The molecule has 1 saturated carbocycles. The summed E-state index contributed by atoms with van der Waals surface area (Å²) < 4.78 is 0. The number of thioether (sulfide) groups is 1. The summed E-state index contributed by atoms with van der Waals surface area (Å²) in [6.07, 6.45) is 4.68. The lowest BCUT2D eigenvalue weighted by molar-refractivity contribution is 0.610. The molecule has 2 rings (SSSR count). The number of hydrogen-bond acceptors (Lipinski definition) is 4. The van der Waals surface area contributed by atoms with Crippen molar-refractivity contribution in [1.29, 1.82) is 5.41 Å². The van der Waals surface area contributed by atoms with Crippen LogP contribution in [0.15, 0.2) is 16.0 Å². The maximum atomic E-state index is 11.5. The van der Waals surface area contributed by atoms with Crippen molar-refractivity contribution in [3.05, 3.63) is 22.1 Å². The number of aromatic amines is 1. The predicted octanol–water partition coefficient (Wildman–Crippen LogP) is 1.92. The van der Waals surface area contributed by atoms with E-state index in [9.17, 15) is 4.79 Å². The molecule has 1 heterocycles. The Balaban J connectivity index is 1.99. The number of H-pyrrole nitrogens is 1. The minimum atomic E-state index is -0.0858. The second-order valence-electron chi connectivity index (χ2n) is 5.28. The third kappa shape index (κ3) is 4.09. The van der Waals surface area contributed by atoms with Gasteiger partial charge in [0, 0.05) is 23.9 Å². The van der Waals surface area contributed by atoms with Gasteiger partial charge in [0.05, 0.1) is 5.84 Å². The Hall–Kier alpha value is -1.30. The molecule has 19 heavy (non-hydrogen) atoms. The van der Waals surface area contributed by atoms with Gasteiger partial charge in [0.15, 0.2) is 5.16 Å². The molecule has 1 aromatic rings. The van der Waals surface area contributed by atoms with Crippen LogP contribution in [-0.4, -0.2) is 21.6 Å². The molecule has 0 radical (unpaired) electrons. The Kier molecular flexibility index (Phi) is 4.29. The molecule has 0 bridgehead atoms. The van der Waals surface area contributed by atoms with Gasteiger partial charge in [-0.2, -0.15) is 0 Å². The number of hydrogen-bond donors (Lipinski definition) is 3. The molecule has 0 aromatic carbocycles. The molecular formula is C13H20N4OS. The lowest BCUT2D eigenvalue weighted by Gasteiger charge is -2.13. The van der Waals surface area contributed by atoms with Crippen molar-refractivity contribution in [3.63, 3.8) is 0 Å². The van der Waals surface area contributed by atoms with E-state index in [-0.39, 0.29) is 16.8 Å². The van der Waals surface area contributed by atoms with Crippen LogP contribution >= 0.6 is 11.8 Å². The molecule has 0 unspecified atom stereocenters. The van der Waals surface area contributed by atoms with E-state index in [4.69, 9.17) is 11.1 Å². The molecule has 1 aliphatic rings. The number of nitrogens with zero attached hydrogens (tertiary/aromatic N) is 1. The first-order valence-electron chi connectivity index (χ1n) is 6.59. The zero-order valence-electron chi connectivity index (χ0n) is 11.2. The summed E-state index contributed by atoms with van der Waals surface area (Å²) in [5.41, 5.74) is 6.40. The standard InChI is InChI=1S/C13H20N4OS/c1-2-3-9-6-11(18)17-12(16-9)19-8-13(4-5-13)7-10(14)15/h6H,2-5,7-8H2,1H3,(H3,14,15)(H,16,17,18). The van der Waals surface area contributed by atoms with Gasteiger partial charge in [-0.15, -0.1) is 0 Å². The normalized spacial score (nSPS) is 16.3. The van der Waals surface area contributed by atoms with Crippen molar-refractivity contribution in [2.45, 2.75) is 44.2 Å². The Morgan fingerprint density at radius 1 is 1.63 bits per heavy atom. The molecular weight excluding hydrogens is 260 g/mol. The number of aryl methyl sites for hydroxylation is 1. The Bertz CT molecular complexity index is 522. The molecule has 0 saturated heterocycles. The smallest absolute Gasteiger partial charge is 0.251 e. The van der Waals surface area contributed by atoms with Crippen molar-refractivity contribution in [2.24, 2.45) is 11.1 Å². The molecule has 0 atom stereocenters. The van der Waals surface area contributed by atoms with Crippen molar-refractivity contribution >= 4 is 17.6 Å². The number of nitrogens with two attached hydrogens (primary N) is 1. The van der Waals surface area contributed by atoms with E-state index in [0.29, 0.717) is 11.6 Å². The fourth-order valence-corrected chi connectivity index (χ4v) is 3.30. The molecule has 6 heteroatoms. The van der Waals surface area contributed by atoms with Gasteiger partial charge in [-0.3, -0.25) is 10.2 Å². The van der Waals surface area contributed by atoms with Crippen LogP contribution in [0, 0.1) is 10.8 Å². The second-order valence-corrected chi connectivity index (χ2v) is 6.25. The van der Waals surface area contributed by atoms with Crippen LogP contribution in [0.5, 0.6) is 0 Å². The summed E-state index contributed by atoms with van der Waals surface area (Å²) in [5.74, 6) is 1.12. The summed E-state index contributed by atoms with van der Waals surface area (Å²) in [5, 5.41) is 8.08. The van der Waals surface area contributed by atoms with Crippen molar-refractivity contribution in [1.82, 2.24) is 9.97 Å². The number of amidine groups is 1. The maximum absolute atomic E-state index is 11.5. The van der Waals surface area contributed by atoms with Crippen molar-refractivity contribution in [2.75, 3.05) is 5.75 Å². The monoisotopic (exact) mass is 280 g/mol. The lowest BCUT2D eigenvalue weighted by Crippen LogP contribution is -2.18. The maximum Gasteiger partial charge on any atom is 0.251 e. The lowest BCUT2D eigenvalue weighted by atomic mass is 10.1. The highest BCUT2D eigenvalue weighted by Crippen LogP contribution is 2.51. The number of nitrogens with one attached hydrogen (secondary N) is 2. The average molecular weight is 280 g/mol. The van der Waals surface area contributed by atoms with Gasteiger partial charge >= 0.3 is 0 Å². The van der Waals surface area contributed by atoms with Crippen LogP contribution < -0.4 is 11.3 Å². The summed E-state index contributed by atoms with van der Waals surface area (Å²) in [6.45, 7) is 2.07. The van der Waals surface area contributed by atoms with E-state index in [1.165, 1.54) is 0 Å². The fourth-order valence-electron chi connectivity index (χ4n) is 2.11. The largest absolute Gasteiger partial charge is 0.388 e. The highest BCUT2D eigenvalue weighted by atomic mass is 32.2. The van der Waals surface area contributed by atoms with Crippen LogP contribution in [-0.2, 0) is 6.42 Å². The molecule has 1 fully saturated rings. The molecule has 5 nitrogen and oxygen atoms in total. The molecule has 4 N–H and O–H groups in total. The first-order chi connectivity index (χ1) is 9.03. The third-order valence-corrected chi connectivity index (χ3v) is 4.54. The van der Waals surface area contributed by atoms with Crippen LogP contribution in [0.25, 0.3) is 0 Å². The second kappa shape index (κ2) is 5.77. The SMILES string of the molecule is CCCc1cc(=O)[nH]c(SCC2(CC(=N)N)CC2)n1. The third-order valence-electron chi connectivity index (χ3n) is 3.32. The zero-order chi connectivity index (χ0) is 13.9. The van der Waals surface area contributed by atoms with E-state index in [1.54, 1.807) is 17.8 Å². The van der Waals surface area contributed by atoms with Crippen LogP contribution in [0.1, 0.15) is 38.3 Å². The summed E-state index contributed by atoms with van der Waals surface area (Å²) in [6, 6.07) is 1.57. The molecule has 0 aliphatic heterocycles. The first-order valence-corrected chi connectivity index (χ1v) is 7.57. The van der Waals surface area contributed by atoms with E-state index < -0.39 is 0 Å². The predicted molar refractivity (Wildman–Crippen MR) is 77.8 cm³/mol. The molecule has 1 aromatic heterocycles. The highest BCUT2D eigenvalue weighted by molar-refractivity contribution is 7.99. The van der Waals surface area contributed by atoms with E-state index in [0.717, 1.165) is 37.1 Å². The highest BCUT2D eigenvalue weighted by Gasteiger charge is 2.43. The summed E-state index contributed by atoms with van der Waals surface area (Å²) >= 11 is 1.57. The zero-order valence-corrected chi connectivity index (χ0v) is 12.0. The van der Waals surface area contributed by atoms with Crippen molar-refractivity contribution in [3.8, 4) is 0 Å². The van der Waals surface area contributed by atoms with Gasteiger partial charge in [-0.05, 0) is 24.7 Å². The number of rotatable bonds is 7. The Morgan fingerprint density at radius 2 is 2.37 bits per heavy atom. The van der Waals surface area contributed by atoms with E-state index in [2.05, 4.69) is 16.9 Å². The number of aromatic nitrogens is 2. The van der Waals surface area contributed by atoms with Crippen molar-refractivity contribution < 1.29 is 0 Å². The van der Waals surface area contributed by atoms with Crippen LogP contribution in [0.4, 0.5) is 0 Å². The average Bonchev–Trinajstić information content (AvgIpc) is 3.06.